The van der Waals surface area contributed by atoms with E-state index in [0.717, 1.165) is 17.1 Å². The Kier molecular flexibility index (Phi) is 6.68. The van der Waals surface area contributed by atoms with E-state index >= 15 is 0 Å². The Labute approximate surface area is 141 Å². The molecule has 0 aliphatic rings. The first-order chi connectivity index (χ1) is 10.6. The van der Waals surface area contributed by atoms with E-state index < -0.39 is 8.32 Å². The number of ether oxygens (including phenoxy) is 2. The molecule has 1 aromatic rings. The molecule has 0 saturated heterocycles. The van der Waals surface area contributed by atoms with Gasteiger partial charge in [-0.15, -0.1) is 0 Å². The first-order valence-corrected chi connectivity index (χ1v) is 11.0. The molecule has 0 spiro atoms. The van der Waals surface area contributed by atoms with Crippen LogP contribution >= 0.6 is 0 Å². The molecule has 1 aromatic carbocycles. The molecule has 0 aromatic heterocycles. The Hall–Kier alpha value is -1.49. The lowest BCUT2D eigenvalue weighted by atomic mass is 10.1. The standard InChI is InChI=1S/C18H30O4Si/c1-8-21-17(19)12-10-14-9-11-15(13-16(14)20-5)22-23(6,7)18(2,3)4/h9,11,13H,8,10,12H2,1-7H3. The van der Waals surface area contributed by atoms with Crippen molar-refractivity contribution in [3.05, 3.63) is 23.8 Å². The zero-order chi connectivity index (χ0) is 17.7. The molecular weight excluding hydrogens is 308 g/mol. The zero-order valence-corrected chi connectivity index (χ0v) is 16.5. The van der Waals surface area contributed by atoms with Crippen LogP contribution in [0.2, 0.25) is 18.1 Å². The molecule has 0 aliphatic carbocycles. The summed E-state index contributed by atoms with van der Waals surface area (Å²) in [5, 5.41) is 0.142. The summed E-state index contributed by atoms with van der Waals surface area (Å²) in [6.07, 6.45) is 0.953. The van der Waals surface area contributed by atoms with E-state index in [9.17, 15) is 4.79 Å². The van der Waals surface area contributed by atoms with Crippen LogP contribution in [0.25, 0.3) is 0 Å². The molecule has 4 nitrogen and oxygen atoms in total. The minimum absolute atomic E-state index is 0.142. The predicted molar refractivity (Wildman–Crippen MR) is 95.8 cm³/mol. The lowest BCUT2D eigenvalue weighted by Crippen LogP contribution is -2.43. The minimum Gasteiger partial charge on any atom is -0.543 e. The molecule has 130 valence electrons. The fourth-order valence-corrected chi connectivity index (χ4v) is 2.93. The quantitative estimate of drug-likeness (QED) is 0.539. The van der Waals surface area contributed by atoms with Crippen molar-refractivity contribution in [1.82, 2.24) is 0 Å². The maximum absolute atomic E-state index is 11.5. The summed E-state index contributed by atoms with van der Waals surface area (Å²) >= 11 is 0. The van der Waals surface area contributed by atoms with Crippen LogP contribution in [0.1, 0.15) is 39.7 Å². The summed E-state index contributed by atoms with van der Waals surface area (Å²) in [7, 11) is -0.237. The van der Waals surface area contributed by atoms with E-state index in [0.29, 0.717) is 19.4 Å². The number of methoxy groups -OCH3 is 1. The van der Waals surface area contributed by atoms with Gasteiger partial charge in [0.15, 0.2) is 0 Å². The highest BCUT2D eigenvalue weighted by Gasteiger charge is 2.39. The van der Waals surface area contributed by atoms with Crippen molar-refractivity contribution >= 4 is 14.3 Å². The highest BCUT2D eigenvalue weighted by atomic mass is 28.4. The van der Waals surface area contributed by atoms with Crippen molar-refractivity contribution in [2.45, 2.75) is 58.7 Å². The Morgan fingerprint density at radius 3 is 2.39 bits per heavy atom. The molecule has 0 bridgehead atoms. The Balaban J connectivity index is 2.86. The lowest BCUT2D eigenvalue weighted by Gasteiger charge is -2.36. The number of benzene rings is 1. The third-order valence-electron chi connectivity index (χ3n) is 4.34. The van der Waals surface area contributed by atoms with Crippen LogP contribution in [0.3, 0.4) is 0 Å². The van der Waals surface area contributed by atoms with Crippen molar-refractivity contribution in [3.8, 4) is 11.5 Å². The molecule has 0 amide bonds. The molecule has 0 aliphatic heterocycles. The largest absolute Gasteiger partial charge is 0.543 e. The van der Waals surface area contributed by atoms with Gasteiger partial charge in [-0.2, -0.15) is 0 Å². The zero-order valence-electron chi connectivity index (χ0n) is 15.5. The molecule has 0 heterocycles. The van der Waals surface area contributed by atoms with Gasteiger partial charge in [0, 0.05) is 12.5 Å². The topological polar surface area (TPSA) is 44.8 Å². The summed E-state index contributed by atoms with van der Waals surface area (Å²) in [6.45, 7) is 13.3. The maximum atomic E-state index is 11.5. The van der Waals surface area contributed by atoms with E-state index in [2.05, 4.69) is 33.9 Å². The summed E-state index contributed by atoms with van der Waals surface area (Å²) in [5.74, 6) is 1.40. The minimum atomic E-state index is -1.88. The highest BCUT2D eigenvalue weighted by molar-refractivity contribution is 6.74. The fourth-order valence-electron chi connectivity index (χ4n) is 1.91. The van der Waals surface area contributed by atoms with Gasteiger partial charge in [0.2, 0.25) is 8.32 Å². The van der Waals surface area contributed by atoms with Crippen LogP contribution in [0.4, 0.5) is 0 Å². The average molecular weight is 339 g/mol. The maximum Gasteiger partial charge on any atom is 0.306 e. The van der Waals surface area contributed by atoms with Crippen LogP contribution in [-0.2, 0) is 16.0 Å². The first-order valence-electron chi connectivity index (χ1n) is 8.12. The van der Waals surface area contributed by atoms with Gasteiger partial charge in [0.25, 0.3) is 0 Å². The molecule has 0 atom stereocenters. The summed E-state index contributed by atoms with van der Waals surface area (Å²) < 4.78 is 16.7. The van der Waals surface area contributed by atoms with E-state index in [4.69, 9.17) is 13.9 Å². The van der Waals surface area contributed by atoms with Gasteiger partial charge in [-0.3, -0.25) is 4.79 Å². The summed E-state index contributed by atoms with van der Waals surface area (Å²) in [6, 6.07) is 5.85. The smallest absolute Gasteiger partial charge is 0.306 e. The first kappa shape index (κ1) is 19.6. The Bertz CT molecular complexity index is 532. The molecule has 23 heavy (non-hydrogen) atoms. The number of aryl methyl sites for hydroxylation is 1. The Morgan fingerprint density at radius 2 is 1.87 bits per heavy atom. The molecule has 0 radical (unpaired) electrons. The number of hydrogen-bond donors (Lipinski definition) is 0. The molecule has 0 fully saturated rings. The van der Waals surface area contributed by atoms with Gasteiger partial charge in [0.05, 0.1) is 13.7 Å². The monoisotopic (exact) mass is 338 g/mol. The number of carbonyl (C=O) groups excluding carboxylic acids is 1. The van der Waals surface area contributed by atoms with Crippen LogP contribution < -0.4 is 9.16 Å². The van der Waals surface area contributed by atoms with Gasteiger partial charge in [-0.05, 0) is 43.1 Å². The average Bonchev–Trinajstić information content (AvgIpc) is 2.44. The normalized spacial score (nSPS) is 12.0. The second kappa shape index (κ2) is 7.86. The molecule has 1 rings (SSSR count). The van der Waals surface area contributed by atoms with Crippen LogP contribution in [-0.4, -0.2) is 28.0 Å². The van der Waals surface area contributed by atoms with Crippen molar-refractivity contribution in [3.63, 3.8) is 0 Å². The molecule has 0 N–H and O–H groups in total. The highest BCUT2D eigenvalue weighted by Crippen LogP contribution is 2.38. The van der Waals surface area contributed by atoms with Gasteiger partial charge in [-0.1, -0.05) is 26.8 Å². The summed E-state index contributed by atoms with van der Waals surface area (Å²) in [4.78, 5) is 11.5. The van der Waals surface area contributed by atoms with Crippen molar-refractivity contribution in [1.29, 1.82) is 0 Å². The van der Waals surface area contributed by atoms with E-state index in [1.54, 1.807) is 7.11 Å². The van der Waals surface area contributed by atoms with Crippen LogP contribution in [0.15, 0.2) is 18.2 Å². The number of rotatable bonds is 7. The number of esters is 1. The predicted octanol–water partition coefficient (Wildman–Crippen LogP) is 4.57. The second-order valence-corrected chi connectivity index (χ2v) is 11.9. The number of hydrogen-bond acceptors (Lipinski definition) is 4. The van der Waals surface area contributed by atoms with Crippen LogP contribution in [0.5, 0.6) is 11.5 Å². The van der Waals surface area contributed by atoms with Gasteiger partial charge >= 0.3 is 5.97 Å². The number of carbonyl (C=O) groups is 1. The van der Waals surface area contributed by atoms with Crippen molar-refractivity contribution in [2.24, 2.45) is 0 Å². The molecular formula is C18H30O4Si. The molecule has 5 heteroatoms. The van der Waals surface area contributed by atoms with E-state index in [-0.39, 0.29) is 11.0 Å². The van der Waals surface area contributed by atoms with Crippen LogP contribution in [0, 0.1) is 0 Å². The second-order valence-electron chi connectivity index (χ2n) is 7.14. The van der Waals surface area contributed by atoms with E-state index in [1.807, 2.05) is 25.1 Å². The van der Waals surface area contributed by atoms with Gasteiger partial charge in [-0.25, -0.2) is 0 Å². The third-order valence-corrected chi connectivity index (χ3v) is 8.70. The third kappa shape index (κ3) is 5.57. The molecule has 0 saturated carbocycles. The lowest BCUT2D eigenvalue weighted by molar-refractivity contribution is -0.143. The fraction of sp³-hybridized carbons (Fsp3) is 0.611. The van der Waals surface area contributed by atoms with Gasteiger partial charge < -0.3 is 13.9 Å². The Morgan fingerprint density at radius 1 is 1.22 bits per heavy atom. The van der Waals surface area contributed by atoms with Crippen molar-refractivity contribution < 1.29 is 18.7 Å². The van der Waals surface area contributed by atoms with Gasteiger partial charge in [0.1, 0.15) is 11.5 Å². The summed E-state index contributed by atoms with van der Waals surface area (Å²) in [5.41, 5.74) is 0.989. The molecule has 0 unspecified atom stereocenters. The van der Waals surface area contributed by atoms with Crippen molar-refractivity contribution in [2.75, 3.05) is 13.7 Å². The SMILES string of the molecule is CCOC(=O)CCc1ccc(O[Si](C)(C)C(C)(C)C)cc1OC. The van der Waals surface area contributed by atoms with E-state index in [1.165, 1.54) is 0 Å².